The Morgan fingerprint density at radius 2 is 2.15 bits per heavy atom. The van der Waals surface area contributed by atoms with Crippen molar-refractivity contribution in [2.45, 2.75) is 32.4 Å². The van der Waals surface area contributed by atoms with Crippen LogP contribution in [0.2, 0.25) is 0 Å². The van der Waals surface area contributed by atoms with E-state index in [0.29, 0.717) is 12.5 Å². The highest BCUT2D eigenvalue weighted by molar-refractivity contribution is 5.82. The quantitative estimate of drug-likeness (QED) is 0.905. The van der Waals surface area contributed by atoms with Gasteiger partial charge in [0.1, 0.15) is 0 Å². The number of nitrogens with zero attached hydrogens (tertiary/aromatic N) is 2. The molecule has 4 nitrogen and oxygen atoms in total. The zero-order chi connectivity index (χ0) is 13.9. The first-order valence-corrected chi connectivity index (χ1v) is 7.13. The molecular formula is C16H19N3O. The van der Waals surface area contributed by atoms with Crippen molar-refractivity contribution < 1.29 is 4.79 Å². The Morgan fingerprint density at radius 3 is 2.90 bits per heavy atom. The second-order valence-corrected chi connectivity index (χ2v) is 5.22. The maximum atomic E-state index is 12.1. The van der Waals surface area contributed by atoms with Gasteiger partial charge in [-0.2, -0.15) is 5.10 Å². The molecule has 1 aromatic carbocycles. The number of benzene rings is 1. The third kappa shape index (κ3) is 2.59. The summed E-state index contributed by atoms with van der Waals surface area (Å²) in [7, 11) is 0. The van der Waals surface area contributed by atoms with Crippen LogP contribution in [0.15, 0.2) is 42.6 Å². The van der Waals surface area contributed by atoms with Crippen molar-refractivity contribution in [2.24, 2.45) is 5.92 Å². The van der Waals surface area contributed by atoms with E-state index < -0.39 is 0 Å². The zero-order valence-electron chi connectivity index (χ0n) is 11.6. The summed E-state index contributed by atoms with van der Waals surface area (Å²) in [4.78, 5) is 12.1. The average molecular weight is 269 g/mol. The summed E-state index contributed by atoms with van der Waals surface area (Å²) >= 11 is 0. The Labute approximate surface area is 118 Å². The molecule has 1 aromatic heterocycles. The molecule has 1 amide bonds. The van der Waals surface area contributed by atoms with Crippen LogP contribution in [0.1, 0.15) is 30.5 Å². The minimum Gasteiger partial charge on any atom is -0.350 e. The van der Waals surface area contributed by atoms with Gasteiger partial charge in [-0.15, -0.1) is 0 Å². The molecule has 1 fully saturated rings. The van der Waals surface area contributed by atoms with Crippen LogP contribution in [-0.4, -0.2) is 15.7 Å². The van der Waals surface area contributed by atoms with E-state index in [1.807, 2.05) is 35.9 Å². The molecule has 0 bridgehead atoms. The molecule has 0 aliphatic heterocycles. The number of hydrogen-bond acceptors (Lipinski definition) is 2. The number of carbonyl (C=O) groups excluding carboxylic acids is 1. The highest BCUT2D eigenvalue weighted by atomic mass is 16.2. The number of rotatable bonds is 5. The van der Waals surface area contributed by atoms with Crippen molar-refractivity contribution in [1.82, 2.24) is 15.1 Å². The fourth-order valence-corrected chi connectivity index (χ4v) is 2.66. The van der Waals surface area contributed by atoms with E-state index in [9.17, 15) is 4.79 Å². The van der Waals surface area contributed by atoms with Gasteiger partial charge in [0.25, 0.3) is 0 Å². The Bertz CT molecular complexity index is 591. The van der Waals surface area contributed by atoms with Crippen molar-refractivity contribution in [2.75, 3.05) is 0 Å². The van der Waals surface area contributed by atoms with Gasteiger partial charge in [-0.3, -0.25) is 9.48 Å². The fourth-order valence-electron chi connectivity index (χ4n) is 2.66. The van der Waals surface area contributed by atoms with Gasteiger partial charge in [-0.25, -0.2) is 0 Å². The monoisotopic (exact) mass is 269 g/mol. The highest BCUT2D eigenvalue weighted by Gasteiger charge is 2.43. The molecule has 0 spiro atoms. The van der Waals surface area contributed by atoms with Crippen LogP contribution in [0.25, 0.3) is 0 Å². The van der Waals surface area contributed by atoms with Gasteiger partial charge in [-0.1, -0.05) is 30.3 Å². The normalized spacial score (nSPS) is 20.6. The number of aromatic nitrogens is 2. The third-order valence-corrected chi connectivity index (χ3v) is 3.90. The lowest BCUT2D eigenvalue weighted by atomic mass is 10.1. The van der Waals surface area contributed by atoms with Gasteiger partial charge in [0.05, 0.1) is 12.2 Å². The molecule has 1 heterocycles. The highest BCUT2D eigenvalue weighted by Crippen LogP contribution is 2.47. The molecule has 1 N–H and O–H groups in total. The van der Waals surface area contributed by atoms with E-state index in [-0.39, 0.29) is 11.8 Å². The second kappa shape index (κ2) is 5.49. The maximum Gasteiger partial charge on any atom is 0.224 e. The minimum absolute atomic E-state index is 0.135. The standard InChI is InChI=1S/C16H19N3O/c1-2-19-13(8-9-18-19)11-17-16(20)15-10-14(15)12-6-4-3-5-7-12/h3-9,14-15H,2,10-11H2,1H3,(H,17,20). The third-order valence-electron chi connectivity index (χ3n) is 3.90. The van der Waals surface area contributed by atoms with E-state index >= 15 is 0 Å². The van der Waals surface area contributed by atoms with Crippen LogP contribution >= 0.6 is 0 Å². The first-order valence-electron chi connectivity index (χ1n) is 7.13. The number of amides is 1. The van der Waals surface area contributed by atoms with Gasteiger partial charge in [0, 0.05) is 18.7 Å². The zero-order valence-corrected chi connectivity index (χ0v) is 11.6. The summed E-state index contributed by atoms with van der Waals surface area (Å²) in [6, 6.07) is 12.2. The fraction of sp³-hybridized carbons (Fsp3) is 0.375. The number of carbonyl (C=O) groups is 1. The van der Waals surface area contributed by atoms with Crippen molar-refractivity contribution in [3.05, 3.63) is 53.9 Å². The Balaban J connectivity index is 1.54. The van der Waals surface area contributed by atoms with E-state index in [4.69, 9.17) is 0 Å². The molecule has 4 heteroatoms. The molecule has 20 heavy (non-hydrogen) atoms. The molecule has 1 saturated carbocycles. The van der Waals surface area contributed by atoms with Gasteiger partial charge >= 0.3 is 0 Å². The summed E-state index contributed by atoms with van der Waals surface area (Å²) in [6.07, 6.45) is 2.73. The van der Waals surface area contributed by atoms with Crippen LogP contribution in [0.5, 0.6) is 0 Å². The molecule has 0 saturated heterocycles. The Hall–Kier alpha value is -2.10. The predicted molar refractivity (Wildman–Crippen MR) is 77.0 cm³/mol. The molecule has 1 aliphatic rings. The summed E-state index contributed by atoms with van der Waals surface area (Å²) < 4.78 is 1.90. The van der Waals surface area contributed by atoms with Crippen LogP contribution in [0.4, 0.5) is 0 Å². The van der Waals surface area contributed by atoms with Gasteiger partial charge < -0.3 is 5.32 Å². The number of nitrogens with one attached hydrogen (secondary N) is 1. The summed E-state index contributed by atoms with van der Waals surface area (Å²) in [5.41, 5.74) is 2.32. The van der Waals surface area contributed by atoms with Crippen molar-refractivity contribution in [1.29, 1.82) is 0 Å². The van der Waals surface area contributed by atoms with Gasteiger partial charge in [0.2, 0.25) is 5.91 Å². The van der Waals surface area contributed by atoms with E-state index in [0.717, 1.165) is 18.7 Å². The maximum absolute atomic E-state index is 12.1. The molecule has 2 unspecified atom stereocenters. The van der Waals surface area contributed by atoms with Crippen LogP contribution in [-0.2, 0) is 17.9 Å². The summed E-state index contributed by atoms with van der Waals surface area (Å²) in [5, 5.41) is 7.22. The van der Waals surface area contributed by atoms with E-state index in [1.165, 1.54) is 5.56 Å². The summed E-state index contributed by atoms with van der Waals surface area (Å²) in [5.74, 6) is 0.686. The summed E-state index contributed by atoms with van der Waals surface area (Å²) in [6.45, 7) is 3.43. The SMILES string of the molecule is CCn1nccc1CNC(=O)C1CC1c1ccccc1. The van der Waals surface area contributed by atoms with E-state index in [2.05, 4.69) is 22.5 Å². The first-order chi connectivity index (χ1) is 9.79. The minimum atomic E-state index is 0.135. The lowest BCUT2D eigenvalue weighted by Crippen LogP contribution is -2.26. The van der Waals surface area contributed by atoms with Crippen molar-refractivity contribution >= 4 is 5.91 Å². The molecule has 1 aliphatic carbocycles. The molecule has 104 valence electrons. The lowest BCUT2D eigenvalue weighted by molar-refractivity contribution is -0.122. The molecule has 2 atom stereocenters. The van der Waals surface area contributed by atoms with Crippen LogP contribution < -0.4 is 5.32 Å². The Kier molecular flexibility index (Phi) is 3.54. The second-order valence-electron chi connectivity index (χ2n) is 5.22. The smallest absolute Gasteiger partial charge is 0.224 e. The molecule has 3 rings (SSSR count). The number of aryl methyl sites for hydroxylation is 1. The first kappa shape index (κ1) is 12.9. The average Bonchev–Trinajstić information content (AvgIpc) is 3.17. The molecule has 2 aromatic rings. The van der Waals surface area contributed by atoms with Crippen LogP contribution in [0, 0.1) is 5.92 Å². The molecule has 0 radical (unpaired) electrons. The predicted octanol–water partition coefficient (Wildman–Crippen LogP) is 2.32. The lowest BCUT2D eigenvalue weighted by Gasteiger charge is -2.07. The Morgan fingerprint density at radius 1 is 1.35 bits per heavy atom. The molecular weight excluding hydrogens is 250 g/mol. The van der Waals surface area contributed by atoms with Crippen molar-refractivity contribution in [3.63, 3.8) is 0 Å². The van der Waals surface area contributed by atoms with Crippen LogP contribution in [0.3, 0.4) is 0 Å². The van der Waals surface area contributed by atoms with Gasteiger partial charge in [0.15, 0.2) is 0 Å². The van der Waals surface area contributed by atoms with E-state index in [1.54, 1.807) is 6.20 Å². The van der Waals surface area contributed by atoms with Crippen molar-refractivity contribution in [3.8, 4) is 0 Å². The topological polar surface area (TPSA) is 46.9 Å². The number of hydrogen-bond donors (Lipinski definition) is 1. The van der Waals surface area contributed by atoms with Gasteiger partial charge in [-0.05, 0) is 30.9 Å². The largest absolute Gasteiger partial charge is 0.350 e.